The van der Waals surface area contributed by atoms with E-state index >= 15 is 0 Å². The molecule has 0 saturated heterocycles. The summed E-state index contributed by atoms with van der Waals surface area (Å²) < 4.78 is 43.5. The van der Waals surface area contributed by atoms with Gasteiger partial charge in [0.25, 0.3) is 0 Å². The molecule has 2 aromatic heterocycles. The first-order valence-corrected chi connectivity index (χ1v) is 11.1. The van der Waals surface area contributed by atoms with Gasteiger partial charge in [-0.2, -0.15) is 0 Å². The molecule has 3 aromatic rings. The van der Waals surface area contributed by atoms with Gasteiger partial charge in [-0.05, 0) is 55.0 Å². The van der Waals surface area contributed by atoms with Crippen LogP contribution in [-0.2, 0) is 13.5 Å². The van der Waals surface area contributed by atoms with Gasteiger partial charge in [0, 0.05) is 30.9 Å². The number of rotatable bonds is 9. The van der Waals surface area contributed by atoms with Gasteiger partial charge >= 0.3 is 6.36 Å². The second-order valence-corrected chi connectivity index (χ2v) is 8.68. The van der Waals surface area contributed by atoms with Crippen LogP contribution in [-0.4, -0.2) is 26.7 Å². The van der Waals surface area contributed by atoms with Crippen LogP contribution in [0.2, 0.25) is 0 Å². The maximum Gasteiger partial charge on any atom is 0.573 e. The van der Waals surface area contributed by atoms with E-state index in [0.717, 1.165) is 12.0 Å². The molecule has 2 heterocycles. The van der Waals surface area contributed by atoms with E-state index in [2.05, 4.69) is 14.7 Å². The van der Waals surface area contributed by atoms with Crippen LogP contribution in [0.3, 0.4) is 0 Å². The Bertz CT molecular complexity index is 1110. The van der Waals surface area contributed by atoms with Gasteiger partial charge < -0.3 is 9.30 Å². The van der Waals surface area contributed by atoms with Crippen molar-refractivity contribution in [2.45, 2.75) is 44.9 Å². The smallest absolute Gasteiger partial charge is 0.406 e. The number of aromatic nitrogens is 3. The average molecular weight is 457 g/mol. The van der Waals surface area contributed by atoms with E-state index in [0.29, 0.717) is 35.7 Å². The Labute approximate surface area is 190 Å². The maximum atomic E-state index is 13.1. The highest BCUT2D eigenvalue weighted by Crippen LogP contribution is 2.35. The summed E-state index contributed by atoms with van der Waals surface area (Å²) >= 11 is 0. The molecular weight excluding hydrogens is 431 g/mol. The number of pyridine rings is 1. The molecule has 5 nitrogen and oxygen atoms in total. The molecule has 1 saturated carbocycles. The molecule has 0 N–H and O–H groups in total. The van der Waals surface area contributed by atoms with Crippen molar-refractivity contribution in [2.24, 2.45) is 18.9 Å². The van der Waals surface area contributed by atoms with Gasteiger partial charge in [0.15, 0.2) is 5.78 Å². The van der Waals surface area contributed by atoms with Crippen LogP contribution in [0.15, 0.2) is 55.1 Å². The lowest BCUT2D eigenvalue weighted by Gasteiger charge is -2.29. The molecule has 0 amide bonds. The SMILES string of the molecule is Cn1cnc(C(=O)C(CCc2ccnc(-c3cccc(OC(F)(F)F)c3)c2)CC2CCC2)c1. The van der Waals surface area contributed by atoms with Crippen molar-refractivity contribution < 1.29 is 22.7 Å². The predicted octanol–water partition coefficient (Wildman–Crippen LogP) is 6.00. The number of ketones is 1. The van der Waals surface area contributed by atoms with Gasteiger partial charge in [-0.15, -0.1) is 13.2 Å². The van der Waals surface area contributed by atoms with Crippen molar-refractivity contribution in [1.29, 1.82) is 0 Å². The van der Waals surface area contributed by atoms with Gasteiger partial charge in [-0.1, -0.05) is 31.4 Å². The molecule has 1 atom stereocenters. The third kappa shape index (κ3) is 6.21. The number of Topliss-reactive ketones (excluding diaryl/α,β-unsaturated/α-hetero) is 1. The van der Waals surface area contributed by atoms with Crippen molar-refractivity contribution >= 4 is 5.78 Å². The van der Waals surface area contributed by atoms with Gasteiger partial charge in [0.05, 0.1) is 12.0 Å². The van der Waals surface area contributed by atoms with Crippen molar-refractivity contribution in [2.75, 3.05) is 0 Å². The van der Waals surface area contributed by atoms with Crippen LogP contribution >= 0.6 is 0 Å². The Morgan fingerprint density at radius 2 is 2.03 bits per heavy atom. The number of imidazole rings is 1. The van der Waals surface area contributed by atoms with Crippen LogP contribution in [0, 0.1) is 11.8 Å². The number of hydrogen-bond acceptors (Lipinski definition) is 4. The largest absolute Gasteiger partial charge is 0.573 e. The third-order valence-corrected chi connectivity index (χ3v) is 6.14. The minimum absolute atomic E-state index is 0.0776. The lowest BCUT2D eigenvalue weighted by molar-refractivity contribution is -0.274. The van der Waals surface area contributed by atoms with E-state index in [1.807, 2.05) is 19.2 Å². The summed E-state index contributed by atoms with van der Waals surface area (Å²) in [5.74, 6) is 0.278. The fraction of sp³-hybridized carbons (Fsp3) is 0.400. The van der Waals surface area contributed by atoms with Gasteiger partial charge in [0.1, 0.15) is 11.4 Å². The van der Waals surface area contributed by atoms with Crippen LogP contribution in [0.4, 0.5) is 13.2 Å². The summed E-state index contributed by atoms with van der Waals surface area (Å²) in [5, 5.41) is 0. The first-order chi connectivity index (χ1) is 15.8. The molecule has 4 rings (SSSR count). The third-order valence-electron chi connectivity index (χ3n) is 6.14. The maximum absolute atomic E-state index is 13.1. The Hall–Kier alpha value is -3.16. The summed E-state index contributed by atoms with van der Waals surface area (Å²) in [5.41, 5.74) is 2.58. The first-order valence-electron chi connectivity index (χ1n) is 11.1. The monoisotopic (exact) mass is 457 g/mol. The minimum Gasteiger partial charge on any atom is -0.406 e. The molecule has 1 aliphatic carbocycles. The fourth-order valence-electron chi connectivity index (χ4n) is 4.22. The molecule has 1 aromatic carbocycles. The zero-order valence-corrected chi connectivity index (χ0v) is 18.4. The zero-order valence-electron chi connectivity index (χ0n) is 18.4. The van der Waals surface area contributed by atoms with E-state index in [4.69, 9.17) is 0 Å². The molecule has 8 heteroatoms. The first kappa shape index (κ1) is 23.0. The van der Waals surface area contributed by atoms with E-state index in [-0.39, 0.29) is 17.5 Å². The lowest BCUT2D eigenvalue weighted by atomic mass is 9.76. The number of alkyl halides is 3. The number of aryl methyl sites for hydroxylation is 2. The van der Waals surface area contributed by atoms with Gasteiger partial charge in [0.2, 0.25) is 0 Å². The Balaban J connectivity index is 1.47. The highest BCUT2D eigenvalue weighted by atomic mass is 19.4. The summed E-state index contributed by atoms with van der Waals surface area (Å²) in [7, 11) is 1.85. The van der Waals surface area contributed by atoms with Crippen molar-refractivity contribution in [3.05, 3.63) is 66.4 Å². The molecule has 1 fully saturated rings. The summed E-state index contributed by atoms with van der Waals surface area (Å²) in [4.78, 5) is 21.7. The number of ether oxygens (including phenoxy) is 1. The molecule has 174 valence electrons. The molecule has 33 heavy (non-hydrogen) atoms. The fourth-order valence-corrected chi connectivity index (χ4v) is 4.22. The van der Waals surface area contributed by atoms with Crippen LogP contribution < -0.4 is 4.74 Å². The van der Waals surface area contributed by atoms with Gasteiger partial charge in [-0.25, -0.2) is 4.98 Å². The number of carbonyl (C=O) groups excluding carboxylic acids is 1. The van der Waals surface area contributed by atoms with Crippen molar-refractivity contribution in [1.82, 2.24) is 14.5 Å². The van der Waals surface area contributed by atoms with Crippen molar-refractivity contribution in [3.8, 4) is 17.0 Å². The van der Waals surface area contributed by atoms with E-state index in [1.54, 1.807) is 29.4 Å². The number of halogens is 3. The zero-order chi connectivity index (χ0) is 23.4. The van der Waals surface area contributed by atoms with Crippen LogP contribution in [0.25, 0.3) is 11.3 Å². The van der Waals surface area contributed by atoms with Crippen molar-refractivity contribution in [3.63, 3.8) is 0 Å². The van der Waals surface area contributed by atoms with E-state index in [9.17, 15) is 18.0 Å². The molecule has 0 bridgehead atoms. The number of hydrogen-bond donors (Lipinski definition) is 0. The van der Waals surface area contributed by atoms with Gasteiger partial charge in [-0.3, -0.25) is 9.78 Å². The summed E-state index contributed by atoms with van der Waals surface area (Å²) in [6.07, 6.45) is 6.08. The molecule has 0 spiro atoms. The number of benzene rings is 1. The normalized spacial score (nSPS) is 15.2. The molecular formula is C25H26F3N3O2. The standard InChI is InChI=1S/C25H26F3N3O2/c1-31-15-23(30-16-31)24(32)20(12-17-4-2-5-17)9-8-18-10-11-29-22(13-18)19-6-3-7-21(14-19)33-25(26,27)28/h3,6-7,10-11,13-17,20H,2,4-5,8-9,12H2,1H3. The number of carbonyl (C=O) groups is 1. The topological polar surface area (TPSA) is 57.0 Å². The molecule has 0 radical (unpaired) electrons. The molecule has 1 aliphatic rings. The average Bonchev–Trinajstić information content (AvgIpc) is 3.17. The lowest BCUT2D eigenvalue weighted by Crippen LogP contribution is -2.23. The highest BCUT2D eigenvalue weighted by molar-refractivity contribution is 5.95. The highest BCUT2D eigenvalue weighted by Gasteiger charge is 2.31. The molecule has 1 unspecified atom stereocenters. The Morgan fingerprint density at radius 3 is 2.70 bits per heavy atom. The van der Waals surface area contributed by atoms with E-state index in [1.165, 1.54) is 37.5 Å². The predicted molar refractivity (Wildman–Crippen MR) is 118 cm³/mol. The van der Waals surface area contributed by atoms with E-state index < -0.39 is 6.36 Å². The summed E-state index contributed by atoms with van der Waals surface area (Å²) in [6.45, 7) is 0. The number of nitrogens with zero attached hydrogens (tertiary/aromatic N) is 3. The minimum atomic E-state index is -4.75. The second-order valence-electron chi connectivity index (χ2n) is 8.68. The van der Waals surface area contributed by atoms with Crippen LogP contribution in [0.1, 0.15) is 48.2 Å². The molecule has 0 aliphatic heterocycles. The van der Waals surface area contributed by atoms with Crippen LogP contribution in [0.5, 0.6) is 5.75 Å². The Morgan fingerprint density at radius 1 is 1.21 bits per heavy atom. The second kappa shape index (κ2) is 9.77. The quantitative estimate of drug-likeness (QED) is 0.370. The summed E-state index contributed by atoms with van der Waals surface area (Å²) in [6, 6.07) is 9.52. The Kier molecular flexibility index (Phi) is 6.81.